The maximum absolute atomic E-state index is 3.76. The van der Waals surface area contributed by atoms with E-state index in [9.17, 15) is 0 Å². The molecule has 0 bridgehead atoms. The Morgan fingerprint density at radius 3 is 2.11 bits per heavy atom. The predicted molar refractivity (Wildman–Crippen MR) is 41.0 cm³/mol. The summed E-state index contributed by atoms with van der Waals surface area (Å²) in [6.07, 6.45) is 1.82. The number of hydrogen-bond donors (Lipinski definition) is 0. The van der Waals surface area contributed by atoms with E-state index in [0.29, 0.717) is 0 Å². The fourth-order valence-corrected chi connectivity index (χ4v) is 0.654. The first-order chi connectivity index (χ1) is 4.33. The van der Waals surface area contributed by atoms with Gasteiger partial charge in [0, 0.05) is 0 Å². The summed E-state index contributed by atoms with van der Waals surface area (Å²) in [5.41, 5.74) is 2.18. The van der Waals surface area contributed by atoms with Crippen LogP contribution in [0.15, 0.2) is 30.8 Å². The lowest BCUT2D eigenvalue weighted by Gasteiger charge is -1.91. The standard InChI is InChI=1S/C9H9/c1-3-9-6-4-8(2)5-7-9/h3-7H,1-2H2. The van der Waals surface area contributed by atoms with Gasteiger partial charge in [-0.25, -0.2) is 0 Å². The van der Waals surface area contributed by atoms with E-state index in [1.54, 1.807) is 0 Å². The molecule has 0 spiro atoms. The highest BCUT2D eigenvalue weighted by atomic mass is 13.9. The molecule has 1 rings (SSSR count). The molecule has 0 N–H and O–H groups in total. The van der Waals surface area contributed by atoms with E-state index in [1.165, 1.54) is 0 Å². The minimum atomic E-state index is 1.04. The van der Waals surface area contributed by atoms with Crippen LogP contribution in [0.1, 0.15) is 11.1 Å². The van der Waals surface area contributed by atoms with Crippen LogP contribution in [-0.4, -0.2) is 0 Å². The van der Waals surface area contributed by atoms with Crippen LogP contribution in [0.5, 0.6) is 0 Å². The third-order valence-electron chi connectivity index (χ3n) is 1.22. The number of rotatable bonds is 1. The van der Waals surface area contributed by atoms with Gasteiger partial charge >= 0.3 is 0 Å². The van der Waals surface area contributed by atoms with Crippen LogP contribution in [0, 0.1) is 6.92 Å². The summed E-state index contributed by atoms with van der Waals surface area (Å²) in [5.74, 6) is 0. The summed E-state index contributed by atoms with van der Waals surface area (Å²) in [7, 11) is 0. The van der Waals surface area contributed by atoms with E-state index in [1.807, 2.05) is 30.3 Å². The summed E-state index contributed by atoms with van der Waals surface area (Å²) in [6.45, 7) is 7.40. The first kappa shape index (κ1) is 6.09. The highest BCUT2D eigenvalue weighted by Crippen LogP contribution is 2.02. The predicted octanol–water partition coefficient (Wildman–Crippen LogP) is 2.51. The zero-order valence-electron chi connectivity index (χ0n) is 5.30. The Kier molecular flexibility index (Phi) is 1.69. The Balaban J connectivity index is 3.01. The molecular formula is C9H9. The van der Waals surface area contributed by atoms with Gasteiger partial charge in [-0.1, -0.05) is 36.9 Å². The average molecular weight is 117 g/mol. The lowest BCUT2D eigenvalue weighted by atomic mass is 10.2. The second kappa shape index (κ2) is 2.49. The Labute approximate surface area is 55.8 Å². The molecule has 45 valence electrons. The highest BCUT2D eigenvalue weighted by Gasteiger charge is 1.82. The van der Waals surface area contributed by atoms with Gasteiger partial charge in [-0.15, -0.1) is 0 Å². The van der Waals surface area contributed by atoms with Crippen molar-refractivity contribution in [1.82, 2.24) is 0 Å². The summed E-state index contributed by atoms with van der Waals surface area (Å²) in [6, 6.07) is 7.93. The largest absolute Gasteiger partial charge is 0.0985 e. The van der Waals surface area contributed by atoms with Crippen LogP contribution in [-0.2, 0) is 0 Å². The van der Waals surface area contributed by atoms with Crippen molar-refractivity contribution in [1.29, 1.82) is 0 Å². The summed E-state index contributed by atoms with van der Waals surface area (Å²) in [5, 5.41) is 0. The smallest absolute Gasteiger partial charge is 0.0238 e. The van der Waals surface area contributed by atoms with Crippen LogP contribution >= 0.6 is 0 Å². The molecule has 0 unspecified atom stereocenters. The molecule has 1 radical (unpaired) electrons. The second-order valence-electron chi connectivity index (χ2n) is 1.95. The molecule has 1 aromatic rings. The van der Waals surface area contributed by atoms with E-state index >= 15 is 0 Å². The molecule has 1 aromatic carbocycles. The minimum absolute atomic E-state index is 1.04. The number of hydrogen-bond acceptors (Lipinski definition) is 0. The molecule has 0 aliphatic rings. The van der Waals surface area contributed by atoms with Gasteiger partial charge in [0.2, 0.25) is 0 Å². The molecule has 9 heavy (non-hydrogen) atoms. The van der Waals surface area contributed by atoms with Gasteiger partial charge in [-0.3, -0.25) is 0 Å². The maximum Gasteiger partial charge on any atom is -0.0238 e. The maximum atomic E-state index is 3.76. The lowest BCUT2D eigenvalue weighted by Crippen LogP contribution is -1.71. The monoisotopic (exact) mass is 117 g/mol. The Hall–Kier alpha value is -1.04. The van der Waals surface area contributed by atoms with Crippen molar-refractivity contribution in [3.63, 3.8) is 0 Å². The average Bonchev–Trinajstić information content (AvgIpc) is 1.90. The molecule has 0 aromatic heterocycles. The fourth-order valence-electron chi connectivity index (χ4n) is 0.654. The fraction of sp³-hybridized carbons (Fsp3) is 0. The van der Waals surface area contributed by atoms with Gasteiger partial charge in [0.1, 0.15) is 0 Å². The third kappa shape index (κ3) is 1.43. The van der Waals surface area contributed by atoms with Gasteiger partial charge in [-0.05, 0) is 18.1 Å². The van der Waals surface area contributed by atoms with Crippen molar-refractivity contribution in [2.24, 2.45) is 0 Å². The Morgan fingerprint density at radius 1 is 1.11 bits per heavy atom. The van der Waals surface area contributed by atoms with Gasteiger partial charge in [-0.2, -0.15) is 0 Å². The van der Waals surface area contributed by atoms with Gasteiger partial charge < -0.3 is 0 Å². The van der Waals surface area contributed by atoms with Crippen molar-refractivity contribution in [3.8, 4) is 0 Å². The minimum Gasteiger partial charge on any atom is -0.0985 e. The summed E-state index contributed by atoms with van der Waals surface area (Å²) in [4.78, 5) is 0. The molecule has 0 aliphatic carbocycles. The van der Waals surface area contributed by atoms with Crippen LogP contribution in [0.3, 0.4) is 0 Å². The quantitative estimate of drug-likeness (QED) is 0.530. The first-order valence-electron chi connectivity index (χ1n) is 2.87. The first-order valence-corrected chi connectivity index (χ1v) is 2.87. The van der Waals surface area contributed by atoms with Crippen LogP contribution < -0.4 is 0 Å². The SMILES string of the molecule is [CH2]c1ccc(C=C)cc1. The van der Waals surface area contributed by atoms with E-state index in [-0.39, 0.29) is 0 Å². The van der Waals surface area contributed by atoms with Gasteiger partial charge in [0.05, 0.1) is 0 Å². The van der Waals surface area contributed by atoms with E-state index in [2.05, 4.69) is 13.5 Å². The van der Waals surface area contributed by atoms with Crippen molar-refractivity contribution in [2.75, 3.05) is 0 Å². The van der Waals surface area contributed by atoms with Crippen LogP contribution in [0.4, 0.5) is 0 Å². The molecule has 0 saturated carbocycles. The molecule has 0 heterocycles. The normalized spacial score (nSPS) is 9.00. The Bertz CT molecular complexity index is 194. The molecule has 0 fully saturated rings. The van der Waals surface area contributed by atoms with Crippen LogP contribution in [0.25, 0.3) is 6.08 Å². The zero-order valence-corrected chi connectivity index (χ0v) is 5.30. The van der Waals surface area contributed by atoms with E-state index in [4.69, 9.17) is 0 Å². The van der Waals surface area contributed by atoms with Gasteiger partial charge in [0.25, 0.3) is 0 Å². The van der Waals surface area contributed by atoms with Gasteiger partial charge in [0.15, 0.2) is 0 Å². The topological polar surface area (TPSA) is 0 Å². The highest BCUT2D eigenvalue weighted by molar-refractivity contribution is 5.47. The van der Waals surface area contributed by atoms with Crippen molar-refractivity contribution < 1.29 is 0 Å². The zero-order chi connectivity index (χ0) is 6.69. The number of benzene rings is 1. The molecule has 0 aliphatic heterocycles. The Morgan fingerprint density at radius 2 is 1.67 bits per heavy atom. The molecular weight excluding hydrogens is 108 g/mol. The molecule has 0 nitrogen and oxygen atoms in total. The van der Waals surface area contributed by atoms with Crippen LogP contribution in [0.2, 0.25) is 0 Å². The molecule has 0 heteroatoms. The molecule has 0 saturated heterocycles. The summed E-state index contributed by atoms with van der Waals surface area (Å²) < 4.78 is 0. The van der Waals surface area contributed by atoms with E-state index < -0.39 is 0 Å². The van der Waals surface area contributed by atoms with Crippen molar-refractivity contribution in [2.45, 2.75) is 0 Å². The lowest BCUT2D eigenvalue weighted by molar-refractivity contribution is 1.59. The van der Waals surface area contributed by atoms with Crippen molar-refractivity contribution in [3.05, 3.63) is 48.9 Å². The third-order valence-corrected chi connectivity index (χ3v) is 1.22. The van der Waals surface area contributed by atoms with E-state index in [0.717, 1.165) is 11.1 Å². The second-order valence-corrected chi connectivity index (χ2v) is 1.95. The molecule has 0 amide bonds. The summed E-state index contributed by atoms with van der Waals surface area (Å²) >= 11 is 0. The van der Waals surface area contributed by atoms with Crippen molar-refractivity contribution >= 4 is 6.08 Å². The molecule has 0 atom stereocenters.